The third-order valence-corrected chi connectivity index (χ3v) is 3.60. The maximum atomic E-state index is 13.3. The number of aliphatic hydroxyl groups is 1. The van der Waals surface area contributed by atoms with Gasteiger partial charge in [0.25, 0.3) is 10.1 Å². The van der Waals surface area contributed by atoms with Gasteiger partial charge in [-0.15, -0.1) is 0 Å². The van der Waals surface area contributed by atoms with Gasteiger partial charge in [0.1, 0.15) is 10.7 Å². The number of benzene rings is 1. The minimum Gasteiger partial charge on any atom is -0.376 e. The normalized spacial score (nSPS) is 16.5. The van der Waals surface area contributed by atoms with E-state index in [0.29, 0.717) is 0 Å². The molecule has 0 bridgehead atoms. The molecule has 0 aliphatic carbocycles. The van der Waals surface area contributed by atoms with Gasteiger partial charge in [-0.3, -0.25) is 4.55 Å². The average Bonchev–Trinajstić information content (AvgIpc) is 2.23. The van der Waals surface area contributed by atoms with Crippen LogP contribution in [-0.2, 0) is 21.9 Å². The monoisotopic (exact) mass is 356 g/mol. The Morgan fingerprint density at radius 1 is 1.00 bits per heavy atom. The van der Waals surface area contributed by atoms with Crippen molar-refractivity contribution in [2.75, 3.05) is 0 Å². The highest BCUT2D eigenvalue weighted by molar-refractivity contribution is 7.85. The molecule has 1 rings (SSSR count). The minimum atomic E-state index is -5.62. The second-order valence-electron chi connectivity index (χ2n) is 4.37. The van der Waals surface area contributed by atoms with E-state index in [1.54, 1.807) is 0 Å². The first kappa shape index (κ1) is 18.6. The van der Waals surface area contributed by atoms with Crippen LogP contribution < -0.4 is 0 Å². The molecule has 126 valence electrons. The molecule has 0 saturated carbocycles. The molecule has 0 amide bonds. The molecule has 1 unspecified atom stereocenters. The van der Waals surface area contributed by atoms with Crippen molar-refractivity contribution >= 4 is 10.1 Å². The molecule has 0 heterocycles. The number of rotatable bonds is 2. The smallest absolute Gasteiger partial charge is 0.376 e. The summed E-state index contributed by atoms with van der Waals surface area (Å²) in [6.07, 6.45) is -11.1. The zero-order chi connectivity index (χ0) is 17.7. The van der Waals surface area contributed by atoms with Gasteiger partial charge in [0.2, 0.25) is 0 Å². The molecule has 12 heteroatoms. The fraction of sp³-hybridized carbons (Fsp3) is 0.400. The van der Waals surface area contributed by atoms with Crippen LogP contribution in [0.1, 0.15) is 18.1 Å². The molecule has 1 atom stereocenters. The van der Waals surface area contributed by atoms with Gasteiger partial charge in [-0.2, -0.15) is 34.8 Å². The van der Waals surface area contributed by atoms with Crippen LogP contribution in [0, 0.1) is 5.82 Å². The average molecular weight is 356 g/mol. The van der Waals surface area contributed by atoms with Crippen molar-refractivity contribution < 1.29 is 48.8 Å². The summed E-state index contributed by atoms with van der Waals surface area (Å²) in [5, 5.41) is 9.32. The molecule has 4 nitrogen and oxygen atoms in total. The quantitative estimate of drug-likeness (QED) is 0.631. The maximum absolute atomic E-state index is 13.3. The highest BCUT2D eigenvalue weighted by atomic mass is 32.2. The van der Waals surface area contributed by atoms with Gasteiger partial charge in [0.15, 0.2) is 5.60 Å². The van der Waals surface area contributed by atoms with Gasteiger partial charge < -0.3 is 5.11 Å². The standard InChI is InChI=1S/C10H7F7O4S/c1-8(18,10(15,16)17)4-3-7(22(19,20)21)6(11)2-5(4)9(12,13)14/h2-3,18H,1H3,(H,19,20,21). The highest BCUT2D eigenvalue weighted by Crippen LogP contribution is 2.45. The van der Waals surface area contributed by atoms with Gasteiger partial charge >= 0.3 is 12.4 Å². The molecule has 0 aromatic heterocycles. The van der Waals surface area contributed by atoms with Crippen LogP contribution in [0.4, 0.5) is 30.7 Å². The molecule has 2 N–H and O–H groups in total. The third kappa shape index (κ3) is 3.33. The van der Waals surface area contributed by atoms with E-state index in [1.807, 2.05) is 0 Å². The van der Waals surface area contributed by atoms with Gasteiger partial charge in [-0.1, -0.05) is 0 Å². The highest BCUT2D eigenvalue weighted by Gasteiger charge is 2.55. The number of hydrogen-bond donors (Lipinski definition) is 2. The Morgan fingerprint density at radius 2 is 1.45 bits per heavy atom. The van der Waals surface area contributed by atoms with E-state index in [9.17, 15) is 44.3 Å². The van der Waals surface area contributed by atoms with Gasteiger partial charge in [-0.25, -0.2) is 4.39 Å². The Hall–Kier alpha value is -1.40. The van der Waals surface area contributed by atoms with Crippen molar-refractivity contribution in [3.63, 3.8) is 0 Å². The molecule has 0 aliphatic rings. The van der Waals surface area contributed by atoms with Crippen molar-refractivity contribution in [2.45, 2.75) is 29.8 Å². The summed E-state index contributed by atoms with van der Waals surface area (Å²) in [5.41, 5.74) is -8.31. The summed E-state index contributed by atoms with van der Waals surface area (Å²) >= 11 is 0. The number of hydrogen-bond acceptors (Lipinski definition) is 3. The molecule has 0 fully saturated rings. The third-order valence-electron chi connectivity index (χ3n) is 2.73. The van der Waals surface area contributed by atoms with Crippen molar-refractivity contribution in [2.24, 2.45) is 0 Å². The van der Waals surface area contributed by atoms with Crippen LogP contribution in [0.2, 0.25) is 0 Å². The summed E-state index contributed by atoms with van der Waals surface area (Å²) in [4.78, 5) is -1.82. The SMILES string of the molecule is CC(O)(c1cc(S(=O)(=O)O)c(F)cc1C(F)(F)F)C(F)(F)F. The van der Waals surface area contributed by atoms with E-state index in [-0.39, 0.29) is 6.92 Å². The first-order chi connectivity index (χ1) is 9.49. The Kier molecular flexibility index (Phi) is 4.29. The van der Waals surface area contributed by atoms with Crippen LogP contribution in [0.25, 0.3) is 0 Å². The number of alkyl halides is 6. The predicted molar refractivity (Wildman–Crippen MR) is 56.8 cm³/mol. The Morgan fingerprint density at radius 3 is 1.77 bits per heavy atom. The molecule has 0 saturated heterocycles. The molecular weight excluding hydrogens is 349 g/mol. The molecule has 1 aromatic carbocycles. The maximum Gasteiger partial charge on any atom is 0.421 e. The first-order valence-electron chi connectivity index (χ1n) is 5.17. The van der Waals surface area contributed by atoms with E-state index >= 15 is 0 Å². The van der Waals surface area contributed by atoms with Gasteiger partial charge in [-0.05, 0) is 19.1 Å². The Balaban J connectivity index is 3.89. The minimum absolute atomic E-state index is 0.0662. The van der Waals surface area contributed by atoms with E-state index in [0.717, 1.165) is 0 Å². The molecular formula is C10H7F7O4S. The van der Waals surface area contributed by atoms with Crippen molar-refractivity contribution in [1.82, 2.24) is 0 Å². The van der Waals surface area contributed by atoms with Crippen LogP contribution in [0.3, 0.4) is 0 Å². The topological polar surface area (TPSA) is 74.6 Å². The lowest BCUT2D eigenvalue weighted by Crippen LogP contribution is -2.41. The fourth-order valence-corrected chi connectivity index (χ4v) is 2.11. The van der Waals surface area contributed by atoms with E-state index in [2.05, 4.69) is 0 Å². The van der Waals surface area contributed by atoms with E-state index in [1.165, 1.54) is 0 Å². The fourth-order valence-electron chi connectivity index (χ4n) is 1.54. The van der Waals surface area contributed by atoms with Crippen LogP contribution in [0.15, 0.2) is 17.0 Å². The zero-order valence-electron chi connectivity index (χ0n) is 10.4. The van der Waals surface area contributed by atoms with Crippen molar-refractivity contribution in [1.29, 1.82) is 0 Å². The van der Waals surface area contributed by atoms with Gasteiger partial charge in [0, 0.05) is 5.56 Å². The summed E-state index contributed by atoms with van der Waals surface area (Å²) in [6.45, 7) is -0.0662. The largest absolute Gasteiger partial charge is 0.421 e. The Bertz CT molecular complexity index is 688. The van der Waals surface area contributed by atoms with Crippen LogP contribution in [0.5, 0.6) is 0 Å². The van der Waals surface area contributed by atoms with E-state index < -0.39 is 62.0 Å². The number of halogens is 7. The Labute approximate surface area is 118 Å². The lowest BCUT2D eigenvalue weighted by Gasteiger charge is -2.29. The van der Waals surface area contributed by atoms with Gasteiger partial charge in [0.05, 0.1) is 5.56 Å². The zero-order valence-corrected chi connectivity index (χ0v) is 11.2. The summed E-state index contributed by atoms with van der Waals surface area (Å²) in [5.74, 6) is -2.11. The first-order valence-corrected chi connectivity index (χ1v) is 6.61. The molecule has 0 radical (unpaired) electrons. The van der Waals surface area contributed by atoms with Crippen LogP contribution >= 0.6 is 0 Å². The lowest BCUT2D eigenvalue weighted by atomic mass is 9.90. The summed E-state index contributed by atoms with van der Waals surface area (Å²) < 4.78 is 120. The second-order valence-corrected chi connectivity index (χ2v) is 5.76. The van der Waals surface area contributed by atoms with Crippen molar-refractivity contribution in [3.8, 4) is 0 Å². The molecule has 22 heavy (non-hydrogen) atoms. The predicted octanol–water partition coefficient (Wildman–Crippen LogP) is 2.86. The van der Waals surface area contributed by atoms with Crippen molar-refractivity contribution in [3.05, 3.63) is 29.1 Å². The second kappa shape index (κ2) is 5.06. The lowest BCUT2D eigenvalue weighted by molar-refractivity contribution is -0.260. The molecule has 0 aliphatic heterocycles. The van der Waals surface area contributed by atoms with E-state index in [4.69, 9.17) is 4.55 Å². The summed E-state index contributed by atoms with van der Waals surface area (Å²) in [6, 6.07) is -0.945. The molecule has 0 spiro atoms. The molecule has 1 aromatic rings. The summed E-state index contributed by atoms with van der Waals surface area (Å²) in [7, 11) is -5.44. The van der Waals surface area contributed by atoms with Crippen LogP contribution in [-0.4, -0.2) is 24.3 Å².